The molecule has 0 aliphatic carbocycles. The summed E-state index contributed by atoms with van der Waals surface area (Å²) in [4.78, 5) is 0. The van der Waals surface area contributed by atoms with Crippen molar-refractivity contribution in [3.63, 3.8) is 0 Å². The largest absolute Gasteiger partial charge is 0.245 e. The first-order valence-electron chi connectivity index (χ1n) is 5.70. The maximum atomic E-state index is 12.8. The summed E-state index contributed by atoms with van der Waals surface area (Å²) < 4.78 is 14.6. The van der Waals surface area contributed by atoms with Gasteiger partial charge in [-0.05, 0) is 31.5 Å². The predicted octanol–water partition coefficient (Wildman–Crippen LogP) is 2.46. The monoisotopic (exact) mass is 244 g/mol. The van der Waals surface area contributed by atoms with Crippen LogP contribution >= 0.6 is 0 Å². The van der Waals surface area contributed by atoms with Crippen molar-refractivity contribution in [2.45, 2.75) is 26.3 Å². The highest BCUT2D eigenvalue weighted by Gasteiger charge is 2.15. The Labute approximate surface area is 105 Å². The first kappa shape index (κ1) is 12.2. The van der Waals surface area contributed by atoms with Crippen molar-refractivity contribution < 1.29 is 4.39 Å². The minimum absolute atomic E-state index is 0.134. The third-order valence-corrected chi connectivity index (χ3v) is 2.67. The molecule has 1 heterocycles. The van der Waals surface area contributed by atoms with Gasteiger partial charge >= 0.3 is 0 Å². The molecule has 0 bridgehead atoms. The van der Waals surface area contributed by atoms with Crippen molar-refractivity contribution in [1.82, 2.24) is 15.0 Å². The van der Waals surface area contributed by atoms with Gasteiger partial charge in [0.15, 0.2) is 5.69 Å². The van der Waals surface area contributed by atoms with Crippen molar-refractivity contribution >= 4 is 0 Å². The number of aromatic nitrogens is 3. The molecule has 0 spiro atoms. The van der Waals surface area contributed by atoms with E-state index < -0.39 is 0 Å². The molecule has 0 fully saturated rings. The molecule has 2 aromatic rings. The molecular formula is C13H13FN4. The van der Waals surface area contributed by atoms with Crippen LogP contribution in [-0.2, 0) is 6.42 Å². The highest BCUT2D eigenvalue weighted by molar-refractivity contribution is 5.31. The van der Waals surface area contributed by atoms with Crippen LogP contribution < -0.4 is 0 Å². The van der Waals surface area contributed by atoms with Crippen LogP contribution in [0.4, 0.5) is 4.39 Å². The molecule has 0 aliphatic rings. The highest BCUT2D eigenvalue weighted by Crippen LogP contribution is 2.16. The summed E-state index contributed by atoms with van der Waals surface area (Å²) in [5.74, 6) is -0.269. The molecule has 0 radical (unpaired) electrons. The van der Waals surface area contributed by atoms with E-state index in [2.05, 4.69) is 10.3 Å². The van der Waals surface area contributed by atoms with Gasteiger partial charge in [0.05, 0.1) is 5.69 Å². The summed E-state index contributed by atoms with van der Waals surface area (Å²) in [6, 6.07) is 8.39. The molecule has 1 aromatic carbocycles. The van der Waals surface area contributed by atoms with Gasteiger partial charge in [-0.2, -0.15) is 5.26 Å². The second-order valence-electron chi connectivity index (χ2n) is 4.34. The number of benzene rings is 1. The van der Waals surface area contributed by atoms with Crippen LogP contribution in [-0.4, -0.2) is 15.0 Å². The molecule has 2 rings (SSSR count). The third kappa shape index (κ3) is 2.38. The fraction of sp³-hybridized carbons (Fsp3) is 0.308. The third-order valence-electron chi connectivity index (χ3n) is 2.67. The Kier molecular flexibility index (Phi) is 3.38. The van der Waals surface area contributed by atoms with E-state index in [0.29, 0.717) is 12.1 Å². The molecule has 92 valence electrons. The standard InChI is InChI=1S/C13H13FN4/c1-9(2)18-13(12(8-15)16-17-18)7-10-3-5-11(14)6-4-10/h3-6,9H,7H2,1-2H3. The molecule has 0 N–H and O–H groups in total. The summed E-state index contributed by atoms with van der Waals surface area (Å²) in [5.41, 5.74) is 2.02. The van der Waals surface area contributed by atoms with Crippen LogP contribution in [0.2, 0.25) is 0 Å². The molecular weight excluding hydrogens is 231 g/mol. The van der Waals surface area contributed by atoms with Gasteiger partial charge in [-0.15, -0.1) is 5.10 Å². The van der Waals surface area contributed by atoms with Crippen LogP contribution in [0.5, 0.6) is 0 Å². The Morgan fingerprint density at radius 3 is 2.56 bits per heavy atom. The Morgan fingerprint density at radius 2 is 2.00 bits per heavy atom. The molecule has 18 heavy (non-hydrogen) atoms. The summed E-state index contributed by atoms with van der Waals surface area (Å²) in [6.07, 6.45) is 0.522. The van der Waals surface area contributed by atoms with Crippen LogP contribution in [0, 0.1) is 17.1 Å². The zero-order chi connectivity index (χ0) is 13.1. The molecule has 5 heteroatoms. The van der Waals surface area contributed by atoms with E-state index in [4.69, 9.17) is 5.26 Å². The zero-order valence-corrected chi connectivity index (χ0v) is 10.3. The van der Waals surface area contributed by atoms with Crippen molar-refractivity contribution in [3.05, 3.63) is 47.0 Å². The maximum Gasteiger partial charge on any atom is 0.186 e. The lowest BCUT2D eigenvalue weighted by molar-refractivity contribution is 0.497. The molecule has 0 unspecified atom stereocenters. The lowest BCUT2D eigenvalue weighted by atomic mass is 10.1. The van der Waals surface area contributed by atoms with Crippen LogP contribution in [0.25, 0.3) is 0 Å². The first-order valence-corrected chi connectivity index (χ1v) is 5.70. The second kappa shape index (κ2) is 4.96. The summed E-state index contributed by atoms with van der Waals surface area (Å²) >= 11 is 0. The van der Waals surface area contributed by atoms with Crippen LogP contribution in [0.3, 0.4) is 0 Å². The predicted molar refractivity (Wildman–Crippen MR) is 64.3 cm³/mol. The fourth-order valence-corrected chi connectivity index (χ4v) is 1.78. The molecule has 0 atom stereocenters. The number of nitriles is 1. The molecule has 0 amide bonds. The summed E-state index contributed by atoms with van der Waals surface area (Å²) in [5, 5.41) is 16.8. The van der Waals surface area contributed by atoms with Gasteiger partial charge < -0.3 is 0 Å². The number of nitrogens with zero attached hydrogens (tertiary/aromatic N) is 4. The Hall–Kier alpha value is -2.22. The van der Waals surface area contributed by atoms with Gasteiger partial charge in [0.25, 0.3) is 0 Å². The van der Waals surface area contributed by atoms with Crippen molar-refractivity contribution in [1.29, 1.82) is 5.26 Å². The van der Waals surface area contributed by atoms with E-state index in [1.807, 2.05) is 19.9 Å². The van der Waals surface area contributed by atoms with Crippen molar-refractivity contribution in [2.75, 3.05) is 0 Å². The molecule has 0 aliphatic heterocycles. The minimum atomic E-state index is -0.269. The van der Waals surface area contributed by atoms with E-state index in [-0.39, 0.29) is 11.9 Å². The lowest BCUT2D eigenvalue weighted by Crippen LogP contribution is -2.08. The number of hydrogen-bond acceptors (Lipinski definition) is 3. The van der Waals surface area contributed by atoms with Gasteiger partial charge in [0.2, 0.25) is 0 Å². The molecule has 1 aromatic heterocycles. The number of hydrogen-bond donors (Lipinski definition) is 0. The van der Waals surface area contributed by atoms with E-state index in [0.717, 1.165) is 11.3 Å². The number of rotatable bonds is 3. The van der Waals surface area contributed by atoms with Crippen molar-refractivity contribution in [3.8, 4) is 6.07 Å². The molecule has 4 nitrogen and oxygen atoms in total. The van der Waals surface area contributed by atoms with Gasteiger partial charge in [-0.25, -0.2) is 9.07 Å². The Balaban J connectivity index is 2.36. The topological polar surface area (TPSA) is 54.5 Å². The molecule has 0 saturated heterocycles. The zero-order valence-electron chi connectivity index (χ0n) is 10.3. The van der Waals surface area contributed by atoms with Crippen LogP contribution in [0.15, 0.2) is 24.3 Å². The van der Waals surface area contributed by atoms with E-state index >= 15 is 0 Å². The van der Waals surface area contributed by atoms with Crippen LogP contribution in [0.1, 0.15) is 36.8 Å². The average molecular weight is 244 g/mol. The minimum Gasteiger partial charge on any atom is -0.245 e. The van der Waals surface area contributed by atoms with E-state index in [1.54, 1.807) is 16.8 Å². The smallest absolute Gasteiger partial charge is 0.186 e. The second-order valence-corrected chi connectivity index (χ2v) is 4.34. The fourth-order valence-electron chi connectivity index (χ4n) is 1.78. The lowest BCUT2D eigenvalue weighted by Gasteiger charge is -2.09. The number of halogens is 1. The first-order chi connectivity index (χ1) is 8.61. The molecule has 0 saturated carbocycles. The maximum absolute atomic E-state index is 12.8. The average Bonchev–Trinajstić information content (AvgIpc) is 2.75. The summed E-state index contributed by atoms with van der Waals surface area (Å²) in [6.45, 7) is 3.95. The Morgan fingerprint density at radius 1 is 1.33 bits per heavy atom. The normalized spacial score (nSPS) is 10.6. The highest BCUT2D eigenvalue weighted by atomic mass is 19.1. The Bertz CT molecular complexity index is 578. The van der Waals surface area contributed by atoms with Gasteiger partial charge in [-0.1, -0.05) is 17.3 Å². The summed E-state index contributed by atoms with van der Waals surface area (Å²) in [7, 11) is 0. The van der Waals surface area contributed by atoms with E-state index in [9.17, 15) is 4.39 Å². The van der Waals surface area contributed by atoms with Gasteiger partial charge in [0.1, 0.15) is 11.9 Å². The van der Waals surface area contributed by atoms with E-state index in [1.165, 1.54) is 12.1 Å². The van der Waals surface area contributed by atoms with Gasteiger partial charge in [-0.3, -0.25) is 0 Å². The quantitative estimate of drug-likeness (QED) is 0.833. The SMILES string of the molecule is CC(C)n1nnc(C#N)c1Cc1ccc(F)cc1. The van der Waals surface area contributed by atoms with Crippen molar-refractivity contribution in [2.24, 2.45) is 0 Å². The van der Waals surface area contributed by atoms with Gasteiger partial charge in [0, 0.05) is 12.5 Å².